The lowest BCUT2D eigenvalue weighted by atomic mass is 10.1. The number of halogens is 2. The number of nitrogens with one attached hydrogen (secondary N) is 2. The Labute approximate surface area is 215 Å². The second-order valence-electron chi connectivity index (χ2n) is 10.4. The summed E-state index contributed by atoms with van der Waals surface area (Å²) in [7, 11) is 0. The largest absolute Gasteiger partial charge is 0.389 e. The Morgan fingerprint density at radius 3 is 2.64 bits per heavy atom. The number of anilines is 1. The number of carbonyl (C=O) groups is 1. The van der Waals surface area contributed by atoms with E-state index in [1.807, 2.05) is 0 Å². The maximum absolute atomic E-state index is 14.3. The summed E-state index contributed by atoms with van der Waals surface area (Å²) in [6.45, 7) is 10.3. The number of aromatic nitrogens is 2. The van der Waals surface area contributed by atoms with Crippen molar-refractivity contribution in [3.8, 4) is 10.4 Å². The highest BCUT2D eigenvalue weighted by Gasteiger charge is 2.30. The number of likely N-dealkylation sites (tertiary alicyclic amines) is 1. The molecule has 0 bridgehead atoms. The number of aliphatic hydroxyl groups is 1. The Hall–Kier alpha value is -2.59. The van der Waals surface area contributed by atoms with Gasteiger partial charge in [-0.1, -0.05) is 19.4 Å². The second kappa shape index (κ2) is 10.8. The van der Waals surface area contributed by atoms with Gasteiger partial charge in [0.25, 0.3) is 12.3 Å². The van der Waals surface area contributed by atoms with Crippen LogP contribution < -0.4 is 10.6 Å². The molecular weight excluding hydrogens is 484 g/mol. The number of amides is 1. The molecule has 36 heavy (non-hydrogen) atoms. The van der Waals surface area contributed by atoms with Crippen molar-refractivity contribution in [3.63, 3.8) is 0 Å². The highest BCUT2D eigenvalue weighted by Crippen LogP contribution is 2.41. The van der Waals surface area contributed by atoms with Crippen LogP contribution in [-0.4, -0.2) is 56.7 Å². The molecule has 196 valence electrons. The lowest BCUT2D eigenvalue weighted by Gasteiger charge is -2.25. The third-order valence-electron chi connectivity index (χ3n) is 6.80. The van der Waals surface area contributed by atoms with Crippen LogP contribution in [0.15, 0.2) is 18.8 Å². The molecule has 10 heteroatoms. The second-order valence-corrected chi connectivity index (χ2v) is 11.4. The molecule has 1 saturated heterocycles. The fourth-order valence-corrected chi connectivity index (χ4v) is 5.87. The van der Waals surface area contributed by atoms with Crippen LogP contribution in [0.25, 0.3) is 16.1 Å². The molecule has 2 fully saturated rings. The van der Waals surface area contributed by atoms with Gasteiger partial charge in [-0.3, -0.25) is 4.79 Å². The highest BCUT2D eigenvalue weighted by atomic mass is 32.1. The van der Waals surface area contributed by atoms with Gasteiger partial charge in [-0.15, -0.1) is 11.3 Å². The lowest BCUT2D eigenvalue weighted by molar-refractivity contribution is 0.0694. The van der Waals surface area contributed by atoms with Gasteiger partial charge in [0, 0.05) is 42.5 Å². The van der Waals surface area contributed by atoms with Crippen LogP contribution in [0, 0.1) is 0 Å². The van der Waals surface area contributed by atoms with Crippen molar-refractivity contribution in [2.75, 3.05) is 18.4 Å². The Morgan fingerprint density at radius 2 is 2.03 bits per heavy atom. The minimum absolute atomic E-state index is 0.0333. The van der Waals surface area contributed by atoms with Crippen LogP contribution in [0.1, 0.15) is 86.8 Å². The number of alkyl halides is 2. The molecule has 1 aliphatic heterocycles. The minimum atomic E-state index is -2.73. The van der Waals surface area contributed by atoms with E-state index in [4.69, 9.17) is 0 Å². The molecule has 0 spiro atoms. The van der Waals surface area contributed by atoms with Crippen molar-refractivity contribution in [1.82, 2.24) is 20.2 Å². The van der Waals surface area contributed by atoms with Crippen molar-refractivity contribution >= 4 is 28.8 Å². The summed E-state index contributed by atoms with van der Waals surface area (Å²) in [5, 5.41) is 16.1. The van der Waals surface area contributed by atoms with Crippen LogP contribution in [0.5, 0.6) is 0 Å². The molecule has 3 N–H and O–H groups in total. The zero-order chi connectivity index (χ0) is 26.0. The Kier molecular flexibility index (Phi) is 7.94. The first-order valence-corrected chi connectivity index (χ1v) is 13.4. The van der Waals surface area contributed by atoms with Gasteiger partial charge in [-0.2, -0.15) is 0 Å². The first-order chi connectivity index (χ1) is 17.0. The van der Waals surface area contributed by atoms with Crippen molar-refractivity contribution in [3.05, 3.63) is 35.1 Å². The van der Waals surface area contributed by atoms with E-state index in [9.17, 15) is 18.7 Å². The quantitative estimate of drug-likeness (QED) is 0.408. The summed E-state index contributed by atoms with van der Waals surface area (Å²) in [5.41, 5.74) is 0.0378. The normalized spacial score (nSPS) is 18.8. The molecule has 4 rings (SSSR count). The van der Waals surface area contributed by atoms with Gasteiger partial charge in [0.1, 0.15) is 11.5 Å². The van der Waals surface area contributed by atoms with Crippen LogP contribution in [-0.2, 0) is 0 Å². The summed E-state index contributed by atoms with van der Waals surface area (Å²) in [6, 6.07) is 1.90. The van der Waals surface area contributed by atoms with Crippen molar-refractivity contribution in [2.45, 2.75) is 83.4 Å². The summed E-state index contributed by atoms with van der Waals surface area (Å²) in [4.78, 5) is 24.5. The topological polar surface area (TPSA) is 90.4 Å². The number of carbonyl (C=O) groups excluding carboxylic acids is 1. The number of nitrogens with zero attached hydrogens (tertiary/aromatic N) is 3. The highest BCUT2D eigenvalue weighted by molar-refractivity contribution is 7.17. The van der Waals surface area contributed by atoms with Crippen LogP contribution in [0.4, 0.5) is 14.6 Å². The maximum Gasteiger partial charge on any atom is 0.280 e. The fraction of sp³-hybridized carbons (Fsp3) is 0.577. The fourth-order valence-electron chi connectivity index (χ4n) is 4.84. The number of rotatable bonds is 9. The lowest BCUT2D eigenvalue weighted by Crippen LogP contribution is -2.38. The molecule has 7 nitrogen and oxygen atoms in total. The van der Waals surface area contributed by atoms with Crippen molar-refractivity contribution < 1.29 is 18.7 Å². The molecule has 2 aromatic rings. The van der Waals surface area contributed by atoms with Crippen LogP contribution in [0.2, 0.25) is 0 Å². The van der Waals surface area contributed by atoms with E-state index < -0.39 is 17.9 Å². The van der Waals surface area contributed by atoms with Gasteiger partial charge in [-0.25, -0.2) is 18.7 Å². The van der Waals surface area contributed by atoms with Gasteiger partial charge >= 0.3 is 0 Å². The van der Waals surface area contributed by atoms with Gasteiger partial charge in [0.2, 0.25) is 0 Å². The molecule has 3 heterocycles. The van der Waals surface area contributed by atoms with E-state index in [2.05, 4.69) is 39.0 Å². The van der Waals surface area contributed by atoms with E-state index in [0.29, 0.717) is 22.1 Å². The predicted octanol–water partition coefficient (Wildman–Crippen LogP) is 5.45. The molecule has 0 radical (unpaired) electrons. The average Bonchev–Trinajstić information content (AvgIpc) is 3.57. The zero-order valence-corrected chi connectivity index (χ0v) is 21.9. The van der Waals surface area contributed by atoms with Gasteiger partial charge < -0.3 is 20.6 Å². The summed E-state index contributed by atoms with van der Waals surface area (Å²) >= 11 is 1.04. The van der Waals surface area contributed by atoms with E-state index in [1.54, 1.807) is 13.8 Å². The van der Waals surface area contributed by atoms with Gasteiger partial charge in [0.05, 0.1) is 16.2 Å². The molecule has 0 aromatic carbocycles. The summed E-state index contributed by atoms with van der Waals surface area (Å²) in [5.74, 6) is -0.0369. The molecular formula is C26H35F2N5O2S. The Morgan fingerprint density at radius 1 is 1.31 bits per heavy atom. The third kappa shape index (κ3) is 6.03. The number of hydrogen-bond donors (Lipinski definition) is 3. The standard InChI is InChI=1S/C26H35F2N5O2S/c1-15-8-7-11-33(15)16(2)21-22(36-25(32-21)24(34)30-14-26(3,4)35)19-13-29-20(12-18(19)23(27)28)31-17-9-5-6-10-17/h12-13,15,17,23,35H,2,5-11,14H2,1,3-4H3,(H,29,31)(H,30,34)/t15-/m0/s1. The molecule has 1 saturated carbocycles. The minimum Gasteiger partial charge on any atom is -0.389 e. The third-order valence-corrected chi connectivity index (χ3v) is 7.89. The van der Waals surface area contributed by atoms with E-state index >= 15 is 0 Å². The van der Waals surface area contributed by atoms with Crippen molar-refractivity contribution in [2.24, 2.45) is 0 Å². The number of hydrogen-bond acceptors (Lipinski definition) is 7. The molecule has 1 aliphatic carbocycles. The molecule has 2 aromatic heterocycles. The molecule has 1 atom stereocenters. The Balaban J connectivity index is 1.73. The van der Waals surface area contributed by atoms with Gasteiger partial charge in [-0.05, 0) is 52.5 Å². The molecule has 0 unspecified atom stereocenters. The predicted molar refractivity (Wildman–Crippen MR) is 139 cm³/mol. The summed E-state index contributed by atoms with van der Waals surface area (Å²) in [6.07, 6.45) is 4.98. The van der Waals surface area contributed by atoms with E-state index in [1.165, 1.54) is 12.3 Å². The Bertz CT molecular complexity index is 1110. The summed E-state index contributed by atoms with van der Waals surface area (Å²) < 4.78 is 28.6. The number of pyridine rings is 1. The van der Waals surface area contributed by atoms with Crippen LogP contribution in [0.3, 0.4) is 0 Å². The average molecular weight is 520 g/mol. The first-order valence-electron chi connectivity index (χ1n) is 12.6. The molecule has 2 aliphatic rings. The molecule has 1 amide bonds. The first kappa shape index (κ1) is 26.5. The maximum atomic E-state index is 14.3. The SMILES string of the molecule is C=C(c1nc(C(=O)NCC(C)(C)O)sc1-c1cnc(NC2CCCC2)cc1C(F)F)N1CCC[C@@H]1C. The van der Waals surface area contributed by atoms with Gasteiger partial charge in [0.15, 0.2) is 5.01 Å². The smallest absolute Gasteiger partial charge is 0.280 e. The van der Waals surface area contributed by atoms with Crippen LogP contribution >= 0.6 is 11.3 Å². The van der Waals surface area contributed by atoms with Crippen molar-refractivity contribution in [1.29, 1.82) is 0 Å². The monoisotopic (exact) mass is 519 g/mol. The number of thiazole rings is 1. The zero-order valence-electron chi connectivity index (χ0n) is 21.1. The van der Waals surface area contributed by atoms with E-state index in [0.717, 1.165) is 56.4 Å². The van der Waals surface area contributed by atoms with E-state index in [-0.39, 0.29) is 34.8 Å².